The van der Waals surface area contributed by atoms with Crippen LogP contribution in [-0.4, -0.2) is 5.11 Å². The standard InChI is InChI=1S/C14H18O2/c1-11-9-10-14(16-11)13(15)8-4-7-12-5-2-3-6-12/h2-3,5,9-10,13,15H,4,6-8H2,1H3. The van der Waals surface area contributed by atoms with Gasteiger partial charge < -0.3 is 9.52 Å². The quantitative estimate of drug-likeness (QED) is 0.817. The summed E-state index contributed by atoms with van der Waals surface area (Å²) in [5, 5.41) is 9.88. The molecule has 0 saturated heterocycles. The molecule has 0 spiro atoms. The van der Waals surface area contributed by atoms with Gasteiger partial charge in [0.1, 0.15) is 17.6 Å². The second-order valence-electron chi connectivity index (χ2n) is 4.31. The molecule has 86 valence electrons. The first-order chi connectivity index (χ1) is 7.75. The lowest BCUT2D eigenvalue weighted by Crippen LogP contribution is -1.95. The lowest BCUT2D eigenvalue weighted by molar-refractivity contribution is 0.136. The molecule has 1 N–H and O–H groups in total. The van der Waals surface area contributed by atoms with E-state index in [1.807, 2.05) is 19.1 Å². The Morgan fingerprint density at radius 3 is 2.94 bits per heavy atom. The average molecular weight is 218 g/mol. The van der Waals surface area contributed by atoms with Crippen LogP contribution in [0.3, 0.4) is 0 Å². The molecule has 1 atom stereocenters. The van der Waals surface area contributed by atoms with Crippen molar-refractivity contribution in [2.45, 2.75) is 38.7 Å². The molecule has 1 heterocycles. The summed E-state index contributed by atoms with van der Waals surface area (Å²) in [7, 11) is 0. The van der Waals surface area contributed by atoms with E-state index in [9.17, 15) is 5.11 Å². The molecule has 0 amide bonds. The van der Waals surface area contributed by atoms with E-state index >= 15 is 0 Å². The second kappa shape index (κ2) is 5.17. The fourth-order valence-electron chi connectivity index (χ4n) is 1.97. The van der Waals surface area contributed by atoms with Gasteiger partial charge in [-0.1, -0.05) is 23.8 Å². The van der Waals surface area contributed by atoms with Gasteiger partial charge in [0.15, 0.2) is 0 Å². The van der Waals surface area contributed by atoms with Crippen LogP contribution >= 0.6 is 0 Å². The molecule has 1 aromatic rings. The third-order valence-corrected chi connectivity index (χ3v) is 2.91. The summed E-state index contributed by atoms with van der Waals surface area (Å²) in [5.41, 5.74) is 1.46. The first kappa shape index (κ1) is 11.2. The van der Waals surface area contributed by atoms with E-state index in [0.717, 1.165) is 31.4 Å². The van der Waals surface area contributed by atoms with Crippen molar-refractivity contribution in [2.24, 2.45) is 0 Å². The molecule has 0 radical (unpaired) electrons. The Bertz CT molecular complexity index is 399. The lowest BCUT2D eigenvalue weighted by Gasteiger charge is -2.07. The number of furan rings is 1. The van der Waals surface area contributed by atoms with Crippen LogP contribution in [0.25, 0.3) is 0 Å². The number of aliphatic hydroxyl groups is 1. The maximum atomic E-state index is 9.88. The molecular formula is C14H18O2. The maximum absolute atomic E-state index is 9.88. The highest BCUT2D eigenvalue weighted by Gasteiger charge is 2.11. The van der Waals surface area contributed by atoms with Gasteiger partial charge in [-0.15, -0.1) is 0 Å². The van der Waals surface area contributed by atoms with Crippen LogP contribution in [0.15, 0.2) is 40.4 Å². The normalized spacial score (nSPS) is 16.5. The minimum atomic E-state index is -0.455. The largest absolute Gasteiger partial charge is 0.464 e. The average Bonchev–Trinajstić information content (AvgIpc) is 2.89. The highest BCUT2D eigenvalue weighted by molar-refractivity contribution is 5.22. The minimum Gasteiger partial charge on any atom is -0.464 e. The van der Waals surface area contributed by atoms with Gasteiger partial charge in [0.05, 0.1) is 0 Å². The number of allylic oxidation sites excluding steroid dienone is 4. The first-order valence-electron chi connectivity index (χ1n) is 5.84. The van der Waals surface area contributed by atoms with Crippen LogP contribution < -0.4 is 0 Å². The molecule has 2 heteroatoms. The van der Waals surface area contributed by atoms with E-state index in [1.165, 1.54) is 5.57 Å². The molecule has 2 rings (SSSR count). The van der Waals surface area contributed by atoms with Crippen LogP contribution in [0.5, 0.6) is 0 Å². The van der Waals surface area contributed by atoms with E-state index < -0.39 is 6.10 Å². The van der Waals surface area contributed by atoms with Gasteiger partial charge in [-0.2, -0.15) is 0 Å². The Balaban J connectivity index is 1.73. The van der Waals surface area contributed by atoms with Crippen molar-refractivity contribution in [1.82, 2.24) is 0 Å². The smallest absolute Gasteiger partial charge is 0.132 e. The van der Waals surface area contributed by atoms with Crippen molar-refractivity contribution < 1.29 is 9.52 Å². The van der Waals surface area contributed by atoms with Crippen LogP contribution in [-0.2, 0) is 0 Å². The van der Waals surface area contributed by atoms with Gasteiger partial charge in [0.2, 0.25) is 0 Å². The predicted octanol–water partition coefficient (Wildman–Crippen LogP) is 3.68. The van der Waals surface area contributed by atoms with Gasteiger partial charge in [0, 0.05) is 0 Å². The molecule has 1 unspecified atom stereocenters. The number of hydrogen-bond acceptors (Lipinski definition) is 2. The van der Waals surface area contributed by atoms with E-state index in [1.54, 1.807) is 0 Å². The molecule has 0 bridgehead atoms. The van der Waals surface area contributed by atoms with Crippen molar-refractivity contribution >= 4 is 0 Å². The fourth-order valence-corrected chi connectivity index (χ4v) is 1.97. The molecule has 0 aromatic carbocycles. The summed E-state index contributed by atoms with van der Waals surface area (Å²) in [6.07, 6.45) is 9.91. The Kier molecular flexibility index (Phi) is 3.62. The summed E-state index contributed by atoms with van der Waals surface area (Å²) in [6, 6.07) is 3.75. The minimum absolute atomic E-state index is 0.455. The molecule has 16 heavy (non-hydrogen) atoms. The zero-order valence-electron chi connectivity index (χ0n) is 9.65. The van der Waals surface area contributed by atoms with Gasteiger partial charge in [-0.3, -0.25) is 0 Å². The van der Waals surface area contributed by atoms with Crippen molar-refractivity contribution in [3.63, 3.8) is 0 Å². The zero-order valence-corrected chi connectivity index (χ0v) is 9.65. The van der Waals surface area contributed by atoms with E-state index in [-0.39, 0.29) is 0 Å². The molecule has 0 saturated carbocycles. The third kappa shape index (κ3) is 2.86. The Morgan fingerprint density at radius 2 is 2.31 bits per heavy atom. The molecule has 0 fully saturated rings. The van der Waals surface area contributed by atoms with E-state index in [0.29, 0.717) is 5.76 Å². The van der Waals surface area contributed by atoms with Crippen LogP contribution in [0.1, 0.15) is 43.3 Å². The summed E-state index contributed by atoms with van der Waals surface area (Å²) >= 11 is 0. The molecule has 2 nitrogen and oxygen atoms in total. The Morgan fingerprint density at radius 1 is 1.44 bits per heavy atom. The third-order valence-electron chi connectivity index (χ3n) is 2.91. The summed E-state index contributed by atoms with van der Waals surface area (Å²) in [4.78, 5) is 0. The Hall–Kier alpha value is -1.28. The first-order valence-corrected chi connectivity index (χ1v) is 5.84. The highest BCUT2D eigenvalue weighted by atomic mass is 16.4. The zero-order chi connectivity index (χ0) is 11.4. The number of hydrogen-bond donors (Lipinski definition) is 1. The lowest BCUT2D eigenvalue weighted by atomic mass is 10.0. The summed E-state index contributed by atoms with van der Waals surface area (Å²) in [6.45, 7) is 1.89. The summed E-state index contributed by atoms with van der Waals surface area (Å²) in [5.74, 6) is 1.55. The number of aryl methyl sites for hydroxylation is 1. The number of rotatable bonds is 5. The van der Waals surface area contributed by atoms with Crippen LogP contribution in [0.2, 0.25) is 0 Å². The monoisotopic (exact) mass is 218 g/mol. The molecular weight excluding hydrogens is 200 g/mol. The molecule has 1 aromatic heterocycles. The molecule has 1 aliphatic carbocycles. The summed E-state index contributed by atoms with van der Waals surface area (Å²) < 4.78 is 5.39. The van der Waals surface area contributed by atoms with Crippen molar-refractivity contribution in [3.8, 4) is 0 Å². The Labute approximate surface area is 96.3 Å². The predicted molar refractivity (Wildman–Crippen MR) is 64.1 cm³/mol. The van der Waals surface area contributed by atoms with Crippen molar-refractivity contribution in [1.29, 1.82) is 0 Å². The second-order valence-corrected chi connectivity index (χ2v) is 4.31. The van der Waals surface area contributed by atoms with E-state index in [2.05, 4.69) is 18.2 Å². The van der Waals surface area contributed by atoms with Gasteiger partial charge in [-0.05, 0) is 44.7 Å². The molecule has 0 aliphatic heterocycles. The van der Waals surface area contributed by atoms with E-state index in [4.69, 9.17) is 4.42 Å². The number of aliphatic hydroxyl groups excluding tert-OH is 1. The topological polar surface area (TPSA) is 33.4 Å². The molecule has 1 aliphatic rings. The van der Waals surface area contributed by atoms with Gasteiger partial charge in [0.25, 0.3) is 0 Å². The highest BCUT2D eigenvalue weighted by Crippen LogP contribution is 2.24. The van der Waals surface area contributed by atoms with Crippen LogP contribution in [0, 0.1) is 6.92 Å². The van der Waals surface area contributed by atoms with Crippen molar-refractivity contribution in [2.75, 3.05) is 0 Å². The van der Waals surface area contributed by atoms with Gasteiger partial charge >= 0.3 is 0 Å². The van der Waals surface area contributed by atoms with Crippen molar-refractivity contribution in [3.05, 3.63) is 47.5 Å². The fraction of sp³-hybridized carbons (Fsp3) is 0.429. The maximum Gasteiger partial charge on any atom is 0.132 e. The van der Waals surface area contributed by atoms with Crippen LogP contribution in [0.4, 0.5) is 0 Å². The SMILES string of the molecule is Cc1ccc(C(O)CCCC2=CC=CC2)o1. The van der Waals surface area contributed by atoms with Gasteiger partial charge in [-0.25, -0.2) is 0 Å².